The zero-order chi connectivity index (χ0) is 45.7. The smallest absolute Gasteiger partial charge is 0.136 e. The van der Waals surface area contributed by atoms with E-state index >= 15 is 0 Å². The summed E-state index contributed by atoms with van der Waals surface area (Å²) in [6.45, 7) is 0. The number of anilines is 3. The van der Waals surface area contributed by atoms with E-state index in [1.165, 1.54) is 66.8 Å². The Morgan fingerprint density at radius 3 is 1.38 bits per heavy atom. The maximum atomic E-state index is 6.29. The Kier molecular flexibility index (Phi) is 9.77. The predicted molar refractivity (Wildman–Crippen MR) is 287 cm³/mol. The second-order valence-electron chi connectivity index (χ2n) is 18.0. The van der Waals surface area contributed by atoms with E-state index in [4.69, 9.17) is 4.42 Å². The lowest BCUT2D eigenvalue weighted by molar-refractivity contribution is 0.669. The van der Waals surface area contributed by atoms with Gasteiger partial charge in [-0.2, -0.15) is 0 Å². The molecule has 11 aromatic carbocycles. The molecule has 0 saturated heterocycles. The summed E-state index contributed by atoms with van der Waals surface area (Å²) in [5, 5.41) is 2.27. The third-order valence-corrected chi connectivity index (χ3v) is 14.2. The molecule has 0 radical (unpaired) electrons. The number of hydrogen-bond acceptors (Lipinski definition) is 2. The topological polar surface area (TPSA) is 16.4 Å². The van der Waals surface area contributed by atoms with E-state index in [-0.39, 0.29) is 0 Å². The van der Waals surface area contributed by atoms with Crippen LogP contribution in [0.4, 0.5) is 17.1 Å². The predicted octanol–water partition coefficient (Wildman–Crippen LogP) is 18.1. The molecule has 0 N–H and O–H groups in total. The van der Waals surface area contributed by atoms with Crippen molar-refractivity contribution in [3.8, 4) is 55.6 Å². The fourth-order valence-corrected chi connectivity index (χ4v) is 11.1. The molecule has 0 unspecified atom stereocenters. The van der Waals surface area contributed by atoms with Gasteiger partial charge in [0.25, 0.3) is 0 Å². The molecule has 1 heterocycles. The fraction of sp³-hybridized carbons (Fsp3) is 0.0149. The number of rotatable bonds is 9. The summed E-state index contributed by atoms with van der Waals surface area (Å²) in [5.74, 6) is 0. The quantitative estimate of drug-likeness (QED) is 0.144. The summed E-state index contributed by atoms with van der Waals surface area (Å²) in [6.07, 6.45) is 0. The highest BCUT2D eigenvalue weighted by Crippen LogP contribution is 2.58. The maximum absolute atomic E-state index is 6.29. The minimum absolute atomic E-state index is 0.460. The largest absolute Gasteiger partial charge is 0.456 e. The summed E-state index contributed by atoms with van der Waals surface area (Å²) < 4.78 is 6.29. The van der Waals surface area contributed by atoms with Crippen LogP contribution in [0, 0.1) is 0 Å². The first kappa shape index (κ1) is 40.3. The molecule has 0 bridgehead atoms. The third-order valence-electron chi connectivity index (χ3n) is 14.2. The summed E-state index contributed by atoms with van der Waals surface area (Å²) >= 11 is 0. The van der Waals surface area contributed by atoms with E-state index in [2.05, 4.69) is 266 Å². The van der Waals surface area contributed by atoms with Crippen molar-refractivity contribution in [1.82, 2.24) is 0 Å². The maximum Gasteiger partial charge on any atom is 0.136 e. The summed E-state index contributed by atoms with van der Waals surface area (Å²) in [7, 11) is 0. The fourth-order valence-electron chi connectivity index (χ4n) is 11.1. The Balaban J connectivity index is 0.920. The van der Waals surface area contributed by atoms with Gasteiger partial charge in [-0.3, -0.25) is 0 Å². The lowest BCUT2D eigenvalue weighted by atomic mass is 9.67. The van der Waals surface area contributed by atoms with E-state index in [0.29, 0.717) is 0 Å². The first-order valence-corrected chi connectivity index (χ1v) is 23.7. The van der Waals surface area contributed by atoms with Crippen molar-refractivity contribution in [3.05, 3.63) is 295 Å². The number of fused-ring (bicyclic) bond motifs is 6. The molecule has 0 aliphatic heterocycles. The number of hydrogen-bond donors (Lipinski definition) is 0. The molecule has 12 aromatic rings. The number of para-hydroxylation sites is 1. The van der Waals surface area contributed by atoms with Crippen molar-refractivity contribution < 1.29 is 4.42 Å². The molecule has 0 amide bonds. The van der Waals surface area contributed by atoms with Crippen LogP contribution >= 0.6 is 0 Å². The van der Waals surface area contributed by atoms with Crippen LogP contribution in [-0.4, -0.2) is 0 Å². The van der Waals surface area contributed by atoms with Crippen molar-refractivity contribution >= 4 is 39.0 Å². The first-order valence-electron chi connectivity index (χ1n) is 23.7. The molecule has 2 heteroatoms. The van der Waals surface area contributed by atoms with Crippen LogP contribution < -0.4 is 4.90 Å². The van der Waals surface area contributed by atoms with E-state index in [0.717, 1.165) is 50.1 Å². The average Bonchev–Trinajstić information content (AvgIpc) is 3.97. The lowest BCUT2D eigenvalue weighted by Crippen LogP contribution is -2.28. The zero-order valence-corrected chi connectivity index (χ0v) is 37.8. The SMILES string of the molecule is c1ccc(-c2cccc(-c3ccc(N(c4ccc(-c5cccc6c5-c5ccccc5C6(c5ccccc5)c5ccccc5)cc4)c4ccc(-c5cccc6oc7ccccc7c56)cc4)cc3)c2)cc1. The molecule has 1 aliphatic rings. The van der Waals surface area contributed by atoms with E-state index in [1.807, 2.05) is 12.1 Å². The normalized spacial score (nSPS) is 12.5. The Morgan fingerprint density at radius 2 is 0.725 bits per heavy atom. The van der Waals surface area contributed by atoms with E-state index in [9.17, 15) is 0 Å². The van der Waals surface area contributed by atoms with Gasteiger partial charge in [0.1, 0.15) is 11.2 Å². The molecule has 0 saturated carbocycles. The third kappa shape index (κ3) is 6.72. The van der Waals surface area contributed by atoms with Gasteiger partial charge < -0.3 is 9.32 Å². The first-order chi connectivity index (χ1) is 34.2. The van der Waals surface area contributed by atoms with Crippen LogP contribution in [-0.2, 0) is 5.41 Å². The van der Waals surface area contributed by atoms with Gasteiger partial charge in [0.15, 0.2) is 0 Å². The highest BCUT2D eigenvalue weighted by molar-refractivity contribution is 6.12. The van der Waals surface area contributed by atoms with Gasteiger partial charge >= 0.3 is 0 Å². The summed E-state index contributed by atoms with van der Waals surface area (Å²) in [4.78, 5) is 2.37. The molecular formula is C67H45NO. The second kappa shape index (κ2) is 16.7. The van der Waals surface area contributed by atoms with Crippen molar-refractivity contribution in [2.75, 3.05) is 4.90 Å². The summed E-state index contributed by atoms with van der Waals surface area (Å²) in [6, 6.07) is 99.1. The van der Waals surface area contributed by atoms with Gasteiger partial charge in [0.05, 0.1) is 5.41 Å². The number of furan rings is 1. The van der Waals surface area contributed by atoms with Gasteiger partial charge in [-0.15, -0.1) is 0 Å². The molecule has 1 aliphatic carbocycles. The Labute approximate surface area is 402 Å². The van der Waals surface area contributed by atoms with Crippen molar-refractivity contribution in [1.29, 1.82) is 0 Å². The molecule has 0 atom stereocenters. The Hall–Kier alpha value is -8.98. The van der Waals surface area contributed by atoms with Gasteiger partial charge in [0.2, 0.25) is 0 Å². The Bertz CT molecular complexity index is 3760. The van der Waals surface area contributed by atoms with Crippen LogP contribution in [0.2, 0.25) is 0 Å². The molecule has 324 valence electrons. The monoisotopic (exact) mass is 879 g/mol. The van der Waals surface area contributed by atoms with Gasteiger partial charge in [-0.05, 0) is 132 Å². The second-order valence-corrected chi connectivity index (χ2v) is 18.0. The molecule has 1 aromatic heterocycles. The van der Waals surface area contributed by atoms with Crippen molar-refractivity contribution in [3.63, 3.8) is 0 Å². The molecular weight excluding hydrogens is 835 g/mol. The molecule has 0 fully saturated rings. The standard InChI is InChI=1S/C67H45NO/c1-4-17-46(18-5-1)50-19-14-20-51(45-50)47-33-39-54(40-34-47)68(56-43-37-49(38-44-56)58-28-16-32-64-66(58)60-26-11-13-31-63(60)69-64)55-41-35-48(36-42-55)57-27-15-30-62-65(57)59-25-10-12-29-61(59)67(62,52-21-6-2-7-22-52)53-23-8-3-9-24-53/h1-45H. The van der Waals surface area contributed by atoms with Crippen LogP contribution in [0.3, 0.4) is 0 Å². The Morgan fingerprint density at radius 1 is 0.290 bits per heavy atom. The zero-order valence-electron chi connectivity index (χ0n) is 37.8. The van der Waals surface area contributed by atoms with Crippen molar-refractivity contribution in [2.45, 2.75) is 5.41 Å². The summed E-state index contributed by atoms with van der Waals surface area (Å²) in [5.41, 5.74) is 21.7. The van der Waals surface area contributed by atoms with Crippen molar-refractivity contribution in [2.24, 2.45) is 0 Å². The lowest BCUT2D eigenvalue weighted by Gasteiger charge is -2.34. The minimum Gasteiger partial charge on any atom is -0.456 e. The highest BCUT2D eigenvalue weighted by Gasteiger charge is 2.46. The number of benzene rings is 11. The van der Waals surface area contributed by atoms with Crippen LogP contribution in [0.1, 0.15) is 22.3 Å². The molecule has 69 heavy (non-hydrogen) atoms. The number of nitrogens with zero attached hydrogens (tertiary/aromatic N) is 1. The van der Waals surface area contributed by atoms with Crippen LogP contribution in [0.5, 0.6) is 0 Å². The average molecular weight is 880 g/mol. The molecule has 13 rings (SSSR count). The van der Waals surface area contributed by atoms with E-state index < -0.39 is 5.41 Å². The van der Waals surface area contributed by atoms with E-state index in [1.54, 1.807) is 0 Å². The van der Waals surface area contributed by atoms with Crippen LogP contribution in [0.15, 0.2) is 277 Å². The van der Waals surface area contributed by atoms with Gasteiger partial charge in [-0.25, -0.2) is 0 Å². The molecule has 2 nitrogen and oxygen atoms in total. The van der Waals surface area contributed by atoms with Crippen LogP contribution in [0.25, 0.3) is 77.6 Å². The van der Waals surface area contributed by atoms with Gasteiger partial charge in [-0.1, -0.05) is 218 Å². The highest BCUT2D eigenvalue weighted by atomic mass is 16.3. The van der Waals surface area contributed by atoms with Gasteiger partial charge in [0, 0.05) is 27.8 Å². The minimum atomic E-state index is -0.460. The molecule has 0 spiro atoms.